The Balaban J connectivity index is 2.04. The van der Waals surface area contributed by atoms with Crippen LogP contribution in [0.4, 0.5) is 0 Å². The van der Waals surface area contributed by atoms with Gasteiger partial charge in [0.05, 0.1) is 12.0 Å². The van der Waals surface area contributed by atoms with Crippen molar-refractivity contribution in [3.63, 3.8) is 0 Å². The van der Waals surface area contributed by atoms with E-state index in [2.05, 4.69) is 27.7 Å². The monoisotopic (exact) mass is 274 g/mol. The lowest BCUT2D eigenvalue weighted by Crippen LogP contribution is -2.30. The number of aliphatic carboxylic acids is 1. The zero-order chi connectivity index (χ0) is 14.6. The predicted molar refractivity (Wildman–Crippen MR) is 73.1 cm³/mol. The lowest BCUT2D eigenvalue weighted by atomic mass is 9.94. The third kappa shape index (κ3) is 3.40. The molecule has 0 unspecified atom stereocenters. The molecular formula is C14H18N4O2. The van der Waals surface area contributed by atoms with Crippen molar-refractivity contribution in [2.24, 2.45) is 5.41 Å². The molecule has 0 aliphatic rings. The SMILES string of the molecule is CC(C)(Cn1nnnc1CCc1ccccc1)C(=O)O. The van der Waals surface area contributed by atoms with Gasteiger partial charge in [0.1, 0.15) is 0 Å². The molecule has 20 heavy (non-hydrogen) atoms. The maximum Gasteiger partial charge on any atom is 0.310 e. The fourth-order valence-corrected chi connectivity index (χ4v) is 1.87. The first-order valence-electron chi connectivity index (χ1n) is 6.51. The van der Waals surface area contributed by atoms with E-state index >= 15 is 0 Å². The molecular weight excluding hydrogens is 256 g/mol. The molecule has 2 rings (SSSR count). The van der Waals surface area contributed by atoms with Crippen LogP contribution in [0.1, 0.15) is 25.2 Å². The van der Waals surface area contributed by atoms with Crippen molar-refractivity contribution >= 4 is 5.97 Å². The molecule has 0 aliphatic heterocycles. The number of carboxylic acids is 1. The van der Waals surface area contributed by atoms with Gasteiger partial charge in [-0.1, -0.05) is 30.3 Å². The topological polar surface area (TPSA) is 80.9 Å². The lowest BCUT2D eigenvalue weighted by molar-refractivity contribution is -0.147. The summed E-state index contributed by atoms with van der Waals surface area (Å²) in [6.07, 6.45) is 1.52. The van der Waals surface area contributed by atoms with Gasteiger partial charge in [-0.3, -0.25) is 4.79 Å². The maximum atomic E-state index is 11.2. The highest BCUT2D eigenvalue weighted by Gasteiger charge is 2.29. The van der Waals surface area contributed by atoms with Gasteiger partial charge in [-0.2, -0.15) is 0 Å². The number of aromatic nitrogens is 4. The Hall–Kier alpha value is -2.24. The highest BCUT2D eigenvalue weighted by atomic mass is 16.4. The van der Waals surface area contributed by atoms with E-state index in [9.17, 15) is 4.79 Å². The summed E-state index contributed by atoms with van der Waals surface area (Å²) < 4.78 is 1.58. The van der Waals surface area contributed by atoms with Crippen LogP contribution in [0.3, 0.4) is 0 Å². The molecule has 2 aromatic rings. The van der Waals surface area contributed by atoms with Crippen LogP contribution < -0.4 is 0 Å². The van der Waals surface area contributed by atoms with Gasteiger partial charge in [-0.05, 0) is 36.3 Å². The Kier molecular flexibility index (Phi) is 4.12. The summed E-state index contributed by atoms with van der Waals surface area (Å²) in [7, 11) is 0. The van der Waals surface area contributed by atoms with Gasteiger partial charge in [-0.25, -0.2) is 4.68 Å². The van der Waals surface area contributed by atoms with E-state index in [0.29, 0.717) is 12.2 Å². The van der Waals surface area contributed by atoms with E-state index < -0.39 is 11.4 Å². The van der Waals surface area contributed by atoms with Crippen molar-refractivity contribution in [1.82, 2.24) is 20.2 Å². The summed E-state index contributed by atoms with van der Waals surface area (Å²) in [5.74, 6) is -0.148. The van der Waals surface area contributed by atoms with Crippen molar-refractivity contribution in [2.45, 2.75) is 33.2 Å². The van der Waals surface area contributed by atoms with Crippen LogP contribution in [-0.4, -0.2) is 31.3 Å². The van der Waals surface area contributed by atoms with Crippen molar-refractivity contribution in [1.29, 1.82) is 0 Å². The Morgan fingerprint density at radius 1 is 1.25 bits per heavy atom. The van der Waals surface area contributed by atoms with Crippen molar-refractivity contribution in [2.75, 3.05) is 0 Å². The summed E-state index contributed by atoms with van der Waals surface area (Å²) in [5.41, 5.74) is 0.316. The summed E-state index contributed by atoms with van der Waals surface area (Å²) in [6.45, 7) is 3.59. The van der Waals surface area contributed by atoms with Gasteiger partial charge in [0.15, 0.2) is 5.82 Å². The Labute approximate surface area is 117 Å². The van der Waals surface area contributed by atoms with Crippen molar-refractivity contribution < 1.29 is 9.90 Å². The normalized spacial score (nSPS) is 11.5. The second-order valence-corrected chi connectivity index (χ2v) is 5.43. The highest BCUT2D eigenvalue weighted by molar-refractivity contribution is 5.73. The number of carbonyl (C=O) groups is 1. The number of rotatable bonds is 6. The van der Waals surface area contributed by atoms with Gasteiger partial charge in [-0.15, -0.1) is 5.10 Å². The number of hydrogen-bond acceptors (Lipinski definition) is 4. The van der Waals surface area contributed by atoms with Crippen molar-refractivity contribution in [3.05, 3.63) is 41.7 Å². The fourth-order valence-electron chi connectivity index (χ4n) is 1.87. The Morgan fingerprint density at radius 2 is 1.95 bits per heavy atom. The first kappa shape index (κ1) is 14.2. The molecule has 0 aliphatic carbocycles. The standard InChI is InChI=1S/C14H18N4O2/c1-14(2,13(19)20)10-18-12(15-16-17-18)9-8-11-6-4-3-5-7-11/h3-7H,8-10H2,1-2H3,(H,19,20). The largest absolute Gasteiger partial charge is 0.481 e. The average molecular weight is 274 g/mol. The molecule has 1 aromatic heterocycles. The minimum Gasteiger partial charge on any atom is -0.481 e. The molecule has 0 radical (unpaired) electrons. The van der Waals surface area contributed by atoms with Crippen molar-refractivity contribution in [3.8, 4) is 0 Å². The van der Waals surface area contributed by atoms with E-state index in [4.69, 9.17) is 5.11 Å². The Morgan fingerprint density at radius 3 is 2.60 bits per heavy atom. The van der Waals surface area contributed by atoms with Gasteiger partial charge >= 0.3 is 5.97 Å². The number of tetrazole rings is 1. The quantitative estimate of drug-likeness (QED) is 0.864. The number of hydrogen-bond donors (Lipinski definition) is 1. The predicted octanol–water partition coefficient (Wildman–Crippen LogP) is 1.57. The lowest BCUT2D eigenvalue weighted by Gasteiger charge is -2.19. The summed E-state index contributed by atoms with van der Waals surface area (Å²) in [5, 5.41) is 20.7. The van der Waals surface area contributed by atoms with E-state index in [1.807, 2.05) is 18.2 Å². The number of benzene rings is 1. The van der Waals surface area contributed by atoms with Crippen LogP contribution in [-0.2, 0) is 24.2 Å². The van der Waals surface area contributed by atoms with Crippen LogP contribution in [0.25, 0.3) is 0 Å². The number of nitrogens with zero attached hydrogens (tertiary/aromatic N) is 4. The third-order valence-corrected chi connectivity index (χ3v) is 3.21. The molecule has 1 N–H and O–H groups in total. The molecule has 1 aromatic carbocycles. The summed E-state index contributed by atoms with van der Waals surface area (Å²) in [6, 6.07) is 10.1. The van der Waals surface area contributed by atoms with Gasteiger partial charge in [0, 0.05) is 6.42 Å². The van der Waals surface area contributed by atoms with E-state index in [1.54, 1.807) is 18.5 Å². The minimum absolute atomic E-state index is 0.263. The molecule has 1 heterocycles. The second-order valence-electron chi connectivity index (χ2n) is 5.43. The molecule has 0 bridgehead atoms. The Bertz CT molecular complexity index is 578. The van der Waals surface area contributed by atoms with Gasteiger partial charge < -0.3 is 5.11 Å². The van der Waals surface area contributed by atoms with E-state index in [-0.39, 0.29) is 6.54 Å². The minimum atomic E-state index is -0.892. The second kappa shape index (κ2) is 5.81. The van der Waals surface area contributed by atoms with Crippen LogP contribution in [0.15, 0.2) is 30.3 Å². The van der Waals surface area contributed by atoms with Crippen LogP contribution in [0.5, 0.6) is 0 Å². The third-order valence-electron chi connectivity index (χ3n) is 3.21. The van der Waals surface area contributed by atoms with Crippen LogP contribution in [0, 0.1) is 5.41 Å². The van der Waals surface area contributed by atoms with Crippen LogP contribution >= 0.6 is 0 Å². The maximum absolute atomic E-state index is 11.2. The van der Waals surface area contributed by atoms with E-state index in [1.165, 1.54) is 5.56 Å². The fraction of sp³-hybridized carbons (Fsp3) is 0.429. The molecule has 0 atom stereocenters. The first-order valence-corrected chi connectivity index (χ1v) is 6.51. The molecule has 6 heteroatoms. The van der Waals surface area contributed by atoms with E-state index in [0.717, 1.165) is 6.42 Å². The molecule has 0 spiro atoms. The zero-order valence-electron chi connectivity index (χ0n) is 11.7. The molecule has 106 valence electrons. The highest BCUT2D eigenvalue weighted by Crippen LogP contribution is 2.18. The number of carboxylic acid groups (broad SMARTS) is 1. The molecule has 0 saturated carbocycles. The summed E-state index contributed by atoms with van der Waals surface area (Å²) in [4.78, 5) is 11.2. The number of aryl methyl sites for hydroxylation is 2. The molecule has 0 saturated heterocycles. The smallest absolute Gasteiger partial charge is 0.310 e. The molecule has 6 nitrogen and oxygen atoms in total. The van der Waals surface area contributed by atoms with Gasteiger partial charge in [0.2, 0.25) is 0 Å². The first-order chi connectivity index (χ1) is 9.49. The van der Waals surface area contributed by atoms with Crippen LogP contribution in [0.2, 0.25) is 0 Å². The molecule has 0 fully saturated rings. The van der Waals surface area contributed by atoms with Gasteiger partial charge in [0.25, 0.3) is 0 Å². The summed E-state index contributed by atoms with van der Waals surface area (Å²) >= 11 is 0. The molecule has 0 amide bonds. The average Bonchev–Trinajstić information content (AvgIpc) is 2.84. The zero-order valence-corrected chi connectivity index (χ0v) is 11.7.